The van der Waals surface area contributed by atoms with E-state index in [1.807, 2.05) is 12.2 Å². The van der Waals surface area contributed by atoms with Gasteiger partial charge in [-0.1, -0.05) is 36.4 Å². The third kappa shape index (κ3) is 4.39. The molecule has 24 heavy (non-hydrogen) atoms. The van der Waals surface area contributed by atoms with Gasteiger partial charge in [0.2, 0.25) is 0 Å². The molecule has 4 atom stereocenters. The van der Waals surface area contributed by atoms with Crippen molar-refractivity contribution in [2.24, 2.45) is 11.8 Å². The molecule has 2 fully saturated rings. The van der Waals surface area contributed by atoms with E-state index in [-0.39, 0.29) is 0 Å². The highest BCUT2D eigenvalue weighted by atomic mass is 16.5. The van der Waals surface area contributed by atoms with E-state index in [2.05, 4.69) is 37.4 Å². The molecule has 2 aliphatic rings. The Kier molecular flexibility index (Phi) is 6.31. The van der Waals surface area contributed by atoms with Gasteiger partial charge in [0.25, 0.3) is 0 Å². The second-order valence-electron chi connectivity index (χ2n) is 7.66. The van der Waals surface area contributed by atoms with Crippen molar-refractivity contribution >= 4 is 0 Å². The molecular weight excluding hydrogens is 292 g/mol. The maximum atomic E-state index is 5.91. The van der Waals surface area contributed by atoms with E-state index in [1.54, 1.807) is 5.56 Å². The molecule has 0 heterocycles. The fourth-order valence-electron chi connectivity index (χ4n) is 4.73. The zero-order valence-corrected chi connectivity index (χ0v) is 15.0. The molecule has 1 aromatic rings. The third-order valence-corrected chi connectivity index (χ3v) is 6.10. The Bertz CT molecular complexity index is 529. The molecule has 2 aliphatic carbocycles. The fraction of sp³-hybridized carbons (Fsp3) is 0.565. The Hall–Kier alpha value is -1.34. The monoisotopic (exact) mass is 324 g/mol. The van der Waals surface area contributed by atoms with Gasteiger partial charge in [0.15, 0.2) is 0 Å². The predicted octanol–water partition coefficient (Wildman–Crippen LogP) is 6.06. The third-order valence-electron chi connectivity index (χ3n) is 6.10. The zero-order valence-electron chi connectivity index (χ0n) is 15.0. The van der Waals surface area contributed by atoms with Gasteiger partial charge in [0, 0.05) is 0 Å². The lowest BCUT2D eigenvalue weighted by atomic mass is 9.65. The minimum absolute atomic E-state index is 0.477. The summed E-state index contributed by atoms with van der Waals surface area (Å²) in [6.45, 7) is 8.29. The van der Waals surface area contributed by atoms with Crippen molar-refractivity contribution in [1.29, 1.82) is 0 Å². The van der Waals surface area contributed by atoms with E-state index in [1.165, 1.54) is 44.1 Å². The molecule has 2 saturated carbocycles. The maximum Gasteiger partial charge on any atom is 0.0648 e. The number of aryl methyl sites for hydroxylation is 1. The van der Waals surface area contributed by atoms with Crippen LogP contribution in [0.3, 0.4) is 0 Å². The summed E-state index contributed by atoms with van der Waals surface area (Å²) in [5.41, 5.74) is 2.99. The van der Waals surface area contributed by atoms with E-state index >= 15 is 0 Å². The van der Waals surface area contributed by atoms with Crippen molar-refractivity contribution in [2.45, 2.75) is 63.4 Å². The summed E-state index contributed by atoms with van der Waals surface area (Å²) < 4.78 is 5.91. The molecule has 0 saturated heterocycles. The minimum Gasteiger partial charge on any atom is -0.374 e. The molecule has 3 rings (SSSR count). The lowest BCUT2D eigenvalue weighted by Crippen LogP contribution is -2.33. The number of ether oxygens (including phenoxy) is 1. The normalized spacial score (nSPS) is 29.7. The van der Waals surface area contributed by atoms with Crippen LogP contribution in [-0.2, 0) is 11.2 Å². The average molecular weight is 325 g/mol. The Labute approximate surface area is 147 Å². The van der Waals surface area contributed by atoms with E-state index in [0.717, 1.165) is 30.6 Å². The van der Waals surface area contributed by atoms with Gasteiger partial charge in [0.1, 0.15) is 0 Å². The summed E-state index contributed by atoms with van der Waals surface area (Å²) in [5, 5.41) is 0. The van der Waals surface area contributed by atoms with E-state index in [0.29, 0.717) is 12.7 Å². The lowest BCUT2D eigenvalue weighted by Gasteiger charge is -2.42. The first kappa shape index (κ1) is 17.5. The average Bonchev–Trinajstić information content (AvgIpc) is 2.64. The standard InChI is InChI=1S/C23H32O/c1-3-5-6-18-7-9-19(10-8-18)20-11-12-22-17-23(24-15-4-2)14-13-21(22)16-20/h3-4,7-10,20-23H,1-2,5-6,11-17H2. The van der Waals surface area contributed by atoms with Crippen LogP contribution < -0.4 is 0 Å². The number of allylic oxidation sites excluding steroid dienone is 1. The second-order valence-corrected chi connectivity index (χ2v) is 7.66. The molecule has 0 amide bonds. The minimum atomic E-state index is 0.477. The topological polar surface area (TPSA) is 9.23 Å². The highest BCUT2D eigenvalue weighted by Gasteiger charge is 2.36. The highest BCUT2D eigenvalue weighted by molar-refractivity contribution is 5.26. The van der Waals surface area contributed by atoms with Crippen molar-refractivity contribution in [3.8, 4) is 0 Å². The van der Waals surface area contributed by atoms with Crippen LogP contribution in [0.4, 0.5) is 0 Å². The van der Waals surface area contributed by atoms with Crippen molar-refractivity contribution in [1.82, 2.24) is 0 Å². The van der Waals surface area contributed by atoms with Gasteiger partial charge in [-0.15, -0.1) is 13.2 Å². The van der Waals surface area contributed by atoms with Gasteiger partial charge in [-0.3, -0.25) is 0 Å². The first-order valence-electron chi connectivity index (χ1n) is 9.72. The van der Waals surface area contributed by atoms with Crippen molar-refractivity contribution < 1.29 is 4.74 Å². The molecule has 0 aliphatic heterocycles. The Balaban J connectivity index is 1.54. The Morgan fingerprint density at radius 1 is 0.917 bits per heavy atom. The number of hydrogen-bond donors (Lipinski definition) is 0. The lowest BCUT2D eigenvalue weighted by molar-refractivity contribution is -0.00310. The highest BCUT2D eigenvalue weighted by Crippen LogP contribution is 2.46. The largest absolute Gasteiger partial charge is 0.374 e. The molecule has 1 heteroatoms. The predicted molar refractivity (Wildman–Crippen MR) is 102 cm³/mol. The first-order valence-corrected chi connectivity index (χ1v) is 9.72. The van der Waals surface area contributed by atoms with Crippen LogP contribution >= 0.6 is 0 Å². The van der Waals surface area contributed by atoms with Gasteiger partial charge in [-0.05, 0) is 80.2 Å². The van der Waals surface area contributed by atoms with Crippen LogP contribution in [0.25, 0.3) is 0 Å². The molecule has 1 nitrogen and oxygen atoms in total. The molecule has 0 bridgehead atoms. The second kappa shape index (κ2) is 8.67. The van der Waals surface area contributed by atoms with E-state index < -0.39 is 0 Å². The summed E-state index contributed by atoms with van der Waals surface area (Å²) in [6.07, 6.45) is 14.5. The molecule has 0 radical (unpaired) electrons. The summed E-state index contributed by atoms with van der Waals surface area (Å²) >= 11 is 0. The van der Waals surface area contributed by atoms with Crippen molar-refractivity contribution in [2.75, 3.05) is 6.61 Å². The summed E-state index contributed by atoms with van der Waals surface area (Å²) in [7, 11) is 0. The van der Waals surface area contributed by atoms with Crippen LogP contribution in [0, 0.1) is 11.8 Å². The van der Waals surface area contributed by atoms with Crippen LogP contribution in [0.2, 0.25) is 0 Å². The van der Waals surface area contributed by atoms with Crippen LogP contribution in [-0.4, -0.2) is 12.7 Å². The Morgan fingerprint density at radius 2 is 1.67 bits per heavy atom. The quantitative estimate of drug-likeness (QED) is 0.554. The molecule has 4 unspecified atom stereocenters. The first-order chi connectivity index (χ1) is 11.8. The zero-order chi connectivity index (χ0) is 16.8. The van der Waals surface area contributed by atoms with Crippen LogP contribution in [0.15, 0.2) is 49.6 Å². The molecule has 0 N–H and O–H groups in total. The molecule has 0 aromatic heterocycles. The number of rotatable bonds is 7. The fourth-order valence-corrected chi connectivity index (χ4v) is 4.73. The molecular formula is C23H32O. The Morgan fingerprint density at radius 3 is 2.42 bits per heavy atom. The van der Waals surface area contributed by atoms with E-state index in [4.69, 9.17) is 4.74 Å². The SMILES string of the molecule is C=CCCc1ccc(C2CCC3CC(OCC=C)CCC3C2)cc1. The van der Waals surface area contributed by atoms with Gasteiger partial charge in [-0.2, -0.15) is 0 Å². The maximum absolute atomic E-state index is 5.91. The van der Waals surface area contributed by atoms with Gasteiger partial charge in [-0.25, -0.2) is 0 Å². The number of fused-ring (bicyclic) bond motifs is 1. The van der Waals surface area contributed by atoms with E-state index in [9.17, 15) is 0 Å². The van der Waals surface area contributed by atoms with Crippen molar-refractivity contribution in [3.63, 3.8) is 0 Å². The molecule has 130 valence electrons. The van der Waals surface area contributed by atoms with Gasteiger partial charge < -0.3 is 4.74 Å². The van der Waals surface area contributed by atoms with Crippen LogP contribution in [0.5, 0.6) is 0 Å². The van der Waals surface area contributed by atoms with Gasteiger partial charge >= 0.3 is 0 Å². The summed E-state index contributed by atoms with van der Waals surface area (Å²) in [6, 6.07) is 9.40. The summed E-state index contributed by atoms with van der Waals surface area (Å²) in [4.78, 5) is 0. The molecule has 1 aromatic carbocycles. The van der Waals surface area contributed by atoms with Crippen molar-refractivity contribution in [3.05, 3.63) is 60.7 Å². The van der Waals surface area contributed by atoms with Crippen LogP contribution in [0.1, 0.15) is 62.0 Å². The van der Waals surface area contributed by atoms with Gasteiger partial charge in [0.05, 0.1) is 12.7 Å². The number of benzene rings is 1. The number of hydrogen-bond acceptors (Lipinski definition) is 1. The summed E-state index contributed by atoms with van der Waals surface area (Å²) in [5.74, 6) is 2.56. The smallest absolute Gasteiger partial charge is 0.0648 e. The molecule has 0 spiro atoms.